The first kappa shape index (κ1) is 15.0. The van der Waals surface area contributed by atoms with E-state index in [9.17, 15) is 0 Å². The Morgan fingerprint density at radius 1 is 1.24 bits per heavy atom. The molecule has 1 aromatic heterocycles. The van der Waals surface area contributed by atoms with Crippen LogP contribution in [0.5, 0.6) is 0 Å². The summed E-state index contributed by atoms with van der Waals surface area (Å²) in [6.45, 7) is 7.13. The molecular weight excluding hydrogens is 224 g/mol. The number of rotatable bonds is 5. The van der Waals surface area contributed by atoms with Crippen molar-refractivity contribution in [3.63, 3.8) is 0 Å². The summed E-state index contributed by atoms with van der Waals surface area (Å²) in [5.41, 5.74) is 10.8. The first-order chi connectivity index (χ1) is 8.08. The maximum atomic E-state index is 8.00. The molecule has 0 bridgehead atoms. The molecule has 0 saturated carbocycles. The number of ether oxygens (including phenoxy) is 1. The van der Waals surface area contributed by atoms with E-state index in [1.165, 1.54) is 0 Å². The highest BCUT2D eigenvalue weighted by Crippen LogP contribution is 2.03. The van der Waals surface area contributed by atoms with Crippen molar-refractivity contribution < 1.29 is 9.53 Å². The summed E-state index contributed by atoms with van der Waals surface area (Å²) in [6.07, 6.45) is 0. The maximum Gasteiger partial charge on any atom is 0.231 e. The summed E-state index contributed by atoms with van der Waals surface area (Å²) in [5, 5.41) is 2.84. The van der Waals surface area contributed by atoms with E-state index in [2.05, 4.69) is 34.1 Å². The van der Waals surface area contributed by atoms with Crippen LogP contribution in [-0.2, 0) is 9.53 Å². The molecule has 0 saturated heterocycles. The van der Waals surface area contributed by atoms with E-state index in [0.717, 1.165) is 0 Å². The lowest BCUT2D eigenvalue weighted by atomic mass is 10.2. The number of aromatic nitrogens is 3. The zero-order valence-corrected chi connectivity index (χ0v) is 10.0. The molecule has 0 unspecified atom stereocenters. The van der Waals surface area contributed by atoms with Gasteiger partial charge in [-0.2, -0.15) is 15.0 Å². The number of nitrogens with zero attached hydrogens (tertiary/aromatic N) is 3. The molecule has 0 aliphatic carbocycles. The van der Waals surface area contributed by atoms with Crippen molar-refractivity contribution in [1.29, 1.82) is 0 Å². The number of anilines is 3. The van der Waals surface area contributed by atoms with Gasteiger partial charge < -0.3 is 26.3 Å². The molecule has 96 valence electrons. The van der Waals surface area contributed by atoms with Crippen LogP contribution in [0.3, 0.4) is 0 Å². The number of hydrogen-bond acceptors (Lipinski definition) is 8. The standard InChI is InChI=1S/C8H16N6O.CH2O/c1-5(2)3-15-4-11-8-13-6(9)12-7(10)14-8;1-2/h5H,3-4H2,1-2H3,(H5,9,10,11,12,13,14);1H2. The Morgan fingerprint density at radius 3 is 2.24 bits per heavy atom. The van der Waals surface area contributed by atoms with Crippen LogP contribution in [0.2, 0.25) is 0 Å². The highest BCUT2D eigenvalue weighted by atomic mass is 16.5. The smallest absolute Gasteiger partial charge is 0.231 e. The highest BCUT2D eigenvalue weighted by molar-refractivity contribution is 5.36. The Hall–Kier alpha value is -1.96. The zero-order valence-electron chi connectivity index (χ0n) is 10.0. The number of carbonyl (C=O) groups excluding carboxylic acids is 1. The van der Waals surface area contributed by atoms with Crippen LogP contribution >= 0.6 is 0 Å². The average molecular weight is 242 g/mol. The first-order valence-electron chi connectivity index (χ1n) is 4.95. The summed E-state index contributed by atoms with van der Waals surface area (Å²) in [6, 6.07) is 0. The SMILES string of the molecule is C=O.CC(C)COCNc1nc(N)nc(N)n1. The van der Waals surface area contributed by atoms with E-state index in [1.807, 2.05) is 6.79 Å². The third-order valence-electron chi connectivity index (χ3n) is 1.45. The van der Waals surface area contributed by atoms with E-state index in [4.69, 9.17) is 21.0 Å². The molecule has 0 aliphatic heterocycles. The number of nitrogens with two attached hydrogens (primary N) is 2. The van der Waals surface area contributed by atoms with Gasteiger partial charge in [0, 0.05) is 0 Å². The quantitative estimate of drug-likeness (QED) is 0.482. The van der Waals surface area contributed by atoms with Crippen molar-refractivity contribution in [2.45, 2.75) is 13.8 Å². The second-order valence-corrected chi connectivity index (χ2v) is 3.46. The van der Waals surface area contributed by atoms with Gasteiger partial charge in [-0.05, 0) is 5.92 Å². The largest absolute Gasteiger partial charge is 0.368 e. The molecule has 0 radical (unpaired) electrons. The molecule has 8 nitrogen and oxygen atoms in total. The van der Waals surface area contributed by atoms with Crippen LogP contribution in [0.4, 0.5) is 17.8 Å². The Bertz CT molecular complexity index is 313. The Labute approximate surface area is 99.8 Å². The molecule has 5 N–H and O–H groups in total. The second-order valence-electron chi connectivity index (χ2n) is 3.46. The Balaban J connectivity index is 0.00000121. The molecule has 0 aromatic carbocycles. The van der Waals surface area contributed by atoms with Crippen molar-refractivity contribution in [1.82, 2.24) is 15.0 Å². The lowest BCUT2D eigenvalue weighted by molar-refractivity contribution is -0.0979. The summed E-state index contributed by atoms with van der Waals surface area (Å²) in [7, 11) is 0. The Kier molecular flexibility index (Phi) is 7.27. The van der Waals surface area contributed by atoms with E-state index in [0.29, 0.717) is 25.2 Å². The molecule has 1 aromatic rings. The van der Waals surface area contributed by atoms with Gasteiger partial charge in [0.1, 0.15) is 13.5 Å². The zero-order chi connectivity index (χ0) is 13.3. The van der Waals surface area contributed by atoms with E-state index in [1.54, 1.807) is 0 Å². The lowest BCUT2D eigenvalue weighted by Gasteiger charge is -2.08. The molecule has 1 rings (SSSR count). The predicted octanol–water partition coefficient (Wildman–Crippen LogP) is -0.107. The monoisotopic (exact) mass is 242 g/mol. The first-order valence-corrected chi connectivity index (χ1v) is 4.95. The maximum absolute atomic E-state index is 8.00. The number of nitrogen functional groups attached to an aromatic ring is 2. The average Bonchev–Trinajstić information content (AvgIpc) is 2.26. The van der Waals surface area contributed by atoms with Crippen LogP contribution in [0.15, 0.2) is 0 Å². The molecule has 1 heterocycles. The van der Waals surface area contributed by atoms with Gasteiger partial charge in [-0.15, -0.1) is 0 Å². The Morgan fingerprint density at radius 2 is 1.76 bits per heavy atom. The summed E-state index contributed by atoms with van der Waals surface area (Å²) < 4.78 is 5.29. The normalized spacial score (nSPS) is 9.59. The predicted molar refractivity (Wildman–Crippen MR) is 65.1 cm³/mol. The minimum absolute atomic E-state index is 0.0915. The minimum Gasteiger partial charge on any atom is -0.368 e. The summed E-state index contributed by atoms with van der Waals surface area (Å²) in [5.74, 6) is 0.992. The summed E-state index contributed by atoms with van der Waals surface area (Å²) in [4.78, 5) is 19.3. The molecule has 17 heavy (non-hydrogen) atoms. The second kappa shape index (κ2) is 8.22. The van der Waals surface area contributed by atoms with E-state index < -0.39 is 0 Å². The van der Waals surface area contributed by atoms with Gasteiger partial charge in [0.15, 0.2) is 0 Å². The molecule has 0 aliphatic rings. The van der Waals surface area contributed by atoms with Gasteiger partial charge in [0.05, 0.1) is 6.61 Å². The summed E-state index contributed by atoms with van der Waals surface area (Å²) >= 11 is 0. The van der Waals surface area contributed by atoms with Crippen molar-refractivity contribution in [2.24, 2.45) is 5.92 Å². The molecular formula is C9H18N6O2. The fourth-order valence-electron chi connectivity index (χ4n) is 0.899. The van der Waals surface area contributed by atoms with Crippen LogP contribution < -0.4 is 16.8 Å². The van der Waals surface area contributed by atoms with Gasteiger partial charge in [0.25, 0.3) is 0 Å². The third-order valence-corrected chi connectivity index (χ3v) is 1.45. The lowest BCUT2D eigenvalue weighted by Crippen LogP contribution is -2.14. The van der Waals surface area contributed by atoms with Crippen LogP contribution in [0, 0.1) is 5.92 Å². The van der Waals surface area contributed by atoms with Crippen LogP contribution in [0.1, 0.15) is 13.8 Å². The van der Waals surface area contributed by atoms with Crippen LogP contribution in [-0.4, -0.2) is 35.1 Å². The molecule has 0 atom stereocenters. The van der Waals surface area contributed by atoms with Crippen molar-refractivity contribution in [3.05, 3.63) is 0 Å². The van der Waals surface area contributed by atoms with Gasteiger partial charge in [-0.1, -0.05) is 13.8 Å². The number of nitrogens with one attached hydrogen (secondary N) is 1. The van der Waals surface area contributed by atoms with Crippen molar-refractivity contribution in [3.8, 4) is 0 Å². The van der Waals surface area contributed by atoms with E-state index in [-0.39, 0.29) is 11.9 Å². The molecule has 0 fully saturated rings. The van der Waals surface area contributed by atoms with Crippen molar-refractivity contribution >= 4 is 24.6 Å². The number of carbonyl (C=O) groups is 1. The fraction of sp³-hybridized carbons (Fsp3) is 0.556. The topological polar surface area (TPSA) is 129 Å². The fourth-order valence-corrected chi connectivity index (χ4v) is 0.899. The van der Waals surface area contributed by atoms with Gasteiger partial charge in [-0.25, -0.2) is 0 Å². The van der Waals surface area contributed by atoms with E-state index >= 15 is 0 Å². The molecule has 0 amide bonds. The van der Waals surface area contributed by atoms with Gasteiger partial charge in [0.2, 0.25) is 17.8 Å². The molecule has 8 heteroatoms. The van der Waals surface area contributed by atoms with Gasteiger partial charge in [-0.3, -0.25) is 0 Å². The van der Waals surface area contributed by atoms with Gasteiger partial charge >= 0.3 is 0 Å². The highest BCUT2D eigenvalue weighted by Gasteiger charge is 2.00. The number of hydrogen-bond donors (Lipinski definition) is 3. The minimum atomic E-state index is 0.0915. The van der Waals surface area contributed by atoms with Crippen LogP contribution in [0.25, 0.3) is 0 Å². The van der Waals surface area contributed by atoms with Crippen molar-refractivity contribution in [2.75, 3.05) is 30.1 Å². The molecule has 0 spiro atoms. The third kappa shape index (κ3) is 7.01.